The largest absolute Gasteiger partial charge is 0.493 e. The van der Waals surface area contributed by atoms with Crippen LogP contribution in [0.4, 0.5) is 0 Å². The van der Waals surface area contributed by atoms with Gasteiger partial charge < -0.3 is 19.1 Å². The predicted octanol–water partition coefficient (Wildman–Crippen LogP) is 5.57. The van der Waals surface area contributed by atoms with Crippen molar-refractivity contribution in [3.8, 4) is 17.2 Å². The number of benzene rings is 3. The number of methoxy groups -OCH3 is 2. The SMILES string of the molecule is COc1cccc(C(=O)N2CCC(Oc3ccc(CN(C)Cc4ccc5ncccc5c4)cc3)CC2)c1OC. The number of piperidine rings is 1. The predicted molar refractivity (Wildman–Crippen MR) is 152 cm³/mol. The molecule has 0 bridgehead atoms. The Morgan fingerprint density at radius 3 is 2.41 bits per heavy atom. The van der Waals surface area contributed by atoms with Gasteiger partial charge in [0.2, 0.25) is 0 Å². The van der Waals surface area contributed by atoms with Gasteiger partial charge in [-0.05, 0) is 60.6 Å². The molecule has 5 rings (SSSR count). The Morgan fingerprint density at radius 2 is 1.67 bits per heavy atom. The summed E-state index contributed by atoms with van der Waals surface area (Å²) < 4.78 is 17.1. The molecule has 39 heavy (non-hydrogen) atoms. The number of hydrogen-bond donors (Lipinski definition) is 0. The molecule has 0 radical (unpaired) electrons. The van der Waals surface area contributed by atoms with E-state index in [1.165, 1.54) is 16.5 Å². The summed E-state index contributed by atoms with van der Waals surface area (Å²) in [5.74, 6) is 1.85. The highest BCUT2D eigenvalue weighted by molar-refractivity contribution is 5.98. The summed E-state index contributed by atoms with van der Waals surface area (Å²) in [7, 11) is 5.26. The van der Waals surface area contributed by atoms with Gasteiger partial charge in [-0.3, -0.25) is 14.7 Å². The van der Waals surface area contributed by atoms with Crippen LogP contribution in [0.5, 0.6) is 17.2 Å². The van der Waals surface area contributed by atoms with Crippen LogP contribution in [-0.4, -0.2) is 61.2 Å². The van der Waals surface area contributed by atoms with Gasteiger partial charge in [0, 0.05) is 50.6 Å². The molecular weight excluding hydrogens is 490 g/mol. The van der Waals surface area contributed by atoms with Crippen LogP contribution in [-0.2, 0) is 13.1 Å². The molecule has 0 unspecified atom stereocenters. The van der Waals surface area contributed by atoms with Gasteiger partial charge >= 0.3 is 0 Å². The molecule has 3 aromatic carbocycles. The highest BCUT2D eigenvalue weighted by Gasteiger charge is 2.27. The Balaban J connectivity index is 1.11. The van der Waals surface area contributed by atoms with Gasteiger partial charge in [0.15, 0.2) is 11.5 Å². The minimum atomic E-state index is -0.0435. The number of carbonyl (C=O) groups is 1. The topological polar surface area (TPSA) is 64.1 Å². The molecule has 7 nitrogen and oxygen atoms in total. The van der Waals surface area contributed by atoms with Crippen LogP contribution in [0.15, 0.2) is 79.0 Å². The number of rotatable bonds is 9. The van der Waals surface area contributed by atoms with E-state index in [0.717, 1.165) is 37.2 Å². The van der Waals surface area contributed by atoms with Crippen molar-refractivity contribution in [1.82, 2.24) is 14.8 Å². The fourth-order valence-electron chi connectivity index (χ4n) is 5.17. The first kappa shape index (κ1) is 26.5. The quantitative estimate of drug-likeness (QED) is 0.285. The summed E-state index contributed by atoms with van der Waals surface area (Å²) in [6, 6.07) is 24.3. The maximum atomic E-state index is 13.2. The Morgan fingerprint density at radius 1 is 0.923 bits per heavy atom. The molecule has 0 aliphatic carbocycles. The fourth-order valence-corrected chi connectivity index (χ4v) is 5.17. The zero-order chi connectivity index (χ0) is 27.2. The van der Waals surface area contributed by atoms with E-state index in [4.69, 9.17) is 14.2 Å². The number of likely N-dealkylation sites (tertiary alicyclic amines) is 1. The molecule has 1 aliphatic rings. The van der Waals surface area contributed by atoms with Crippen molar-refractivity contribution in [2.75, 3.05) is 34.4 Å². The molecule has 1 amide bonds. The number of aromatic nitrogens is 1. The maximum absolute atomic E-state index is 13.2. The number of nitrogens with zero attached hydrogens (tertiary/aromatic N) is 3. The molecular formula is C32H35N3O4. The van der Waals surface area contributed by atoms with E-state index in [-0.39, 0.29) is 12.0 Å². The molecule has 0 atom stereocenters. The van der Waals surface area contributed by atoms with Gasteiger partial charge in [0.25, 0.3) is 5.91 Å². The molecule has 7 heteroatoms. The molecule has 0 N–H and O–H groups in total. The fraction of sp³-hybridized carbons (Fsp3) is 0.312. The first-order valence-corrected chi connectivity index (χ1v) is 13.3. The van der Waals surface area contributed by atoms with E-state index >= 15 is 0 Å². The third-order valence-electron chi connectivity index (χ3n) is 7.16. The second-order valence-corrected chi connectivity index (χ2v) is 10.00. The van der Waals surface area contributed by atoms with Crippen LogP contribution >= 0.6 is 0 Å². The second kappa shape index (κ2) is 12.2. The van der Waals surface area contributed by atoms with Crippen LogP contribution in [0.1, 0.15) is 34.3 Å². The van der Waals surface area contributed by atoms with Gasteiger partial charge in [0.05, 0.1) is 25.3 Å². The number of hydrogen-bond acceptors (Lipinski definition) is 6. The highest BCUT2D eigenvalue weighted by Crippen LogP contribution is 2.32. The zero-order valence-electron chi connectivity index (χ0n) is 22.8. The number of ether oxygens (including phenoxy) is 3. The molecule has 0 spiro atoms. The smallest absolute Gasteiger partial charge is 0.257 e. The summed E-state index contributed by atoms with van der Waals surface area (Å²) in [6.07, 6.45) is 3.47. The first-order chi connectivity index (χ1) is 19.0. The molecule has 0 saturated carbocycles. The molecule has 1 aliphatic heterocycles. The van der Waals surface area contributed by atoms with Crippen LogP contribution < -0.4 is 14.2 Å². The van der Waals surface area contributed by atoms with E-state index in [1.807, 2.05) is 35.4 Å². The lowest BCUT2D eigenvalue weighted by Crippen LogP contribution is -2.41. The van der Waals surface area contributed by atoms with Crippen molar-refractivity contribution in [2.45, 2.75) is 32.0 Å². The van der Waals surface area contributed by atoms with Crippen molar-refractivity contribution in [3.05, 3.63) is 95.7 Å². The maximum Gasteiger partial charge on any atom is 0.257 e. The minimum absolute atomic E-state index is 0.0435. The number of para-hydroxylation sites is 1. The molecule has 1 saturated heterocycles. The number of fused-ring (bicyclic) bond motifs is 1. The minimum Gasteiger partial charge on any atom is -0.493 e. The number of amides is 1. The van der Waals surface area contributed by atoms with Crippen LogP contribution in [0.3, 0.4) is 0 Å². The van der Waals surface area contributed by atoms with Crippen LogP contribution in [0.25, 0.3) is 10.9 Å². The van der Waals surface area contributed by atoms with Crippen molar-refractivity contribution < 1.29 is 19.0 Å². The van der Waals surface area contributed by atoms with E-state index in [9.17, 15) is 4.79 Å². The third-order valence-corrected chi connectivity index (χ3v) is 7.16. The Labute approximate surface area is 229 Å². The van der Waals surface area contributed by atoms with Crippen molar-refractivity contribution >= 4 is 16.8 Å². The molecule has 1 fully saturated rings. The van der Waals surface area contributed by atoms with Gasteiger partial charge in [-0.2, -0.15) is 0 Å². The van der Waals surface area contributed by atoms with E-state index < -0.39 is 0 Å². The van der Waals surface area contributed by atoms with Crippen molar-refractivity contribution in [3.63, 3.8) is 0 Å². The van der Waals surface area contributed by atoms with Gasteiger partial charge in [-0.25, -0.2) is 0 Å². The normalized spacial score (nSPS) is 14.0. The van der Waals surface area contributed by atoms with E-state index in [2.05, 4.69) is 53.3 Å². The average molecular weight is 526 g/mol. The lowest BCUT2D eigenvalue weighted by atomic mass is 10.1. The molecule has 2 heterocycles. The van der Waals surface area contributed by atoms with Crippen LogP contribution in [0.2, 0.25) is 0 Å². The lowest BCUT2D eigenvalue weighted by molar-refractivity contribution is 0.0592. The zero-order valence-corrected chi connectivity index (χ0v) is 22.8. The molecule has 1 aromatic heterocycles. The summed E-state index contributed by atoms with van der Waals surface area (Å²) in [4.78, 5) is 21.7. The number of pyridine rings is 1. The van der Waals surface area contributed by atoms with Gasteiger partial charge in [0.1, 0.15) is 11.9 Å². The van der Waals surface area contributed by atoms with E-state index in [1.54, 1.807) is 26.4 Å². The summed E-state index contributed by atoms with van der Waals surface area (Å²) in [5.41, 5.74) is 4.05. The summed E-state index contributed by atoms with van der Waals surface area (Å²) in [5, 5.41) is 1.17. The molecule has 4 aromatic rings. The van der Waals surface area contributed by atoms with Crippen molar-refractivity contribution in [2.24, 2.45) is 0 Å². The van der Waals surface area contributed by atoms with Crippen molar-refractivity contribution in [1.29, 1.82) is 0 Å². The van der Waals surface area contributed by atoms with Crippen LogP contribution in [0, 0.1) is 0 Å². The standard InChI is InChI=1S/C32H35N3O4/c1-34(22-24-11-14-29-25(20-24)6-5-17-33-29)21-23-9-12-26(13-10-23)39-27-15-18-35(19-16-27)32(36)28-7-4-8-30(37-2)31(28)38-3/h4-14,17,20,27H,15-16,18-19,21-22H2,1-3H3. The highest BCUT2D eigenvalue weighted by atomic mass is 16.5. The van der Waals surface area contributed by atoms with Gasteiger partial charge in [-0.1, -0.05) is 30.3 Å². The Hall–Kier alpha value is -4.10. The Bertz CT molecular complexity index is 1410. The third kappa shape index (κ3) is 6.32. The monoisotopic (exact) mass is 525 g/mol. The second-order valence-electron chi connectivity index (χ2n) is 10.00. The Kier molecular flexibility index (Phi) is 8.27. The first-order valence-electron chi connectivity index (χ1n) is 13.3. The van der Waals surface area contributed by atoms with E-state index in [0.29, 0.717) is 30.2 Å². The average Bonchev–Trinajstić information content (AvgIpc) is 2.97. The summed E-state index contributed by atoms with van der Waals surface area (Å²) >= 11 is 0. The lowest BCUT2D eigenvalue weighted by Gasteiger charge is -2.32. The number of carbonyl (C=O) groups excluding carboxylic acids is 1. The van der Waals surface area contributed by atoms with Gasteiger partial charge in [-0.15, -0.1) is 0 Å². The molecule has 202 valence electrons. The summed E-state index contributed by atoms with van der Waals surface area (Å²) in [6.45, 7) is 2.98.